The van der Waals surface area contributed by atoms with Crippen LogP contribution in [0.1, 0.15) is 36.2 Å². The monoisotopic (exact) mass is 366 g/mol. The number of hydrogen-bond acceptors (Lipinski definition) is 5. The average Bonchev–Trinajstić information content (AvgIpc) is 3.17. The molecule has 2 fully saturated rings. The Labute approximate surface area is 152 Å². The van der Waals surface area contributed by atoms with Crippen molar-refractivity contribution in [3.8, 4) is 0 Å². The van der Waals surface area contributed by atoms with Crippen LogP contribution in [0.2, 0.25) is 0 Å². The third kappa shape index (κ3) is 4.12. The van der Waals surface area contributed by atoms with Gasteiger partial charge >= 0.3 is 6.03 Å². The number of nitrogens with zero attached hydrogens (tertiary/aromatic N) is 4. The molecule has 1 aromatic heterocycles. The second kappa shape index (κ2) is 8.14. The molecule has 0 spiro atoms. The van der Waals surface area contributed by atoms with E-state index in [0.717, 1.165) is 32.2 Å². The zero-order valence-electron chi connectivity index (χ0n) is 14.9. The number of carbonyl (C=O) groups is 2. The highest BCUT2D eigenvalue weighted by molar-refractivity contribution is 7.07. The summed E-state index contributed by atoms with van der Waals surface area (Å²) in [4.78, 5) is 35.2. The molecule has 25 heavy (non-hydrogen) atoms. The maximum atomic E-state index is 13.1. The Kier molecular flexibility index (Phi) is 5.90. The molecule has 0 N–H and O–H groups in total. The summed E-state index contributed by atoms with van der Waals surface area (Å²) >= 11 is 1.43. The Morgan fingerprint density at radius 1 is 1.24 bits per heavy atom. The van der Waals surface area contributed by atoms with Gasteiger partial charge in [-0.3, -0.25) is 4.79 Å². The van der Waals surface area contributed by atoms with E-state index in [4.69, 9.17) is 4.74 Å². The minimum atomic E-state index is -0.0164. The predicted octanol–water partition coefficient (Wildman–Crippen LogP) is 1.91. The highest BCUT2D eigenvalue weighted by atomic mass is 32.1. The molecule has 0 saturated carbocycles. The first-order chi connectivity index (χ1) is 12.1. The van der Waals surface area contributed by atoms with Crippen LogP contribution in [0.4, 0.5) is 4.79 Å². The number of hydrogen-bond donors (Lipinski definition) is 0. The molecule has 0 bridgehead atoms. The van der Waals surface area contributed by atoms with Gasteiger partial charge in [0.25, 0.3) is 5.91 Å². The fourth-order valence-electron chi connectivity index (χ4n) is 3.68. The number of likely N-dealkylation sites (tertiary alicyclic amines) is 1. The number of thiazole rings is 1. The molecule has 7 nitrogen and oxygen atoms in total. The molecule has 1 aromatic rings. The van der Waals surface area contributed by atoms with Gasteiger partial charge in [0.1, 0.15) is 5.69 Å². The smallest absolute Gasteiger partial charge is 0.319 e. The summed E-state index contributed by atoms with van der Waals surface area (Å²) in [6.45, 7) is 2.70. The Balaban J connectivity index is 1.80. The first-order valence-corrected chi connectivity index (χ1v) is 9.77. The molecule has 3 amide bonds. The molecule has 138 valence electrons. The Hall–Kier alpha value is -1.67. The van der Waals surface area contributed by atoms with Crippen molar-refractivity contribution in [1.82, 2.24) is 19.7 Å². The summed E-state index contributed by atoms with van der Waals surface area (Å²) in [5.74, 6) is -0.0164. The number of carbonyl (C=O) groups excluding carboxylic acids is 2. The van der Waals surface area contributed by atoms with Gasteiger partial charge in [0.05, 0.1) is 11.6 Å². The number of aromatic nitrogens is 1. The highest BCUT2D eigenvalue weighted by Crippen LogP contribution is 2.25. The lowest BCUT2D eigenvalue weighted by molar-refractivity contribution is 0.00496. The van der Waals surface area contributed by atoms with E-state index in [1.165, 1.54) is 11.3 Å². The summed E-state index contributed by atoms with van der Waals surface area (Å²) in [5.41, 5.74) is 2.20. The van der Waals surface area contributed by atoms with Crippen molar-refractivity contribution in [2.24, 2.45) is 0 Å². The summed E-state index contributed by atoms with van der Waals surface area (Å²) in [6.07, 6.45) is 3.51. The Morgan fingerprint density at radius 2 is 2.00 bits per heavy atom. The van der Waals surface area contributed by atoms with Gasteiger partial charge in [-0.05, 0) is 25.7 Å². The van der Waals surface area contributed by atoms with Crippen molar-refractivity contribution in [1.29, 1.82) is 0 Å². The molecule has 3 rings (SSSR count). The van der Waals surface area contributed by atoms with E-state index in [9.17, 15) is 9.59 Å². The van der Waals surface area contributed by atoms with Crippen LogP contribution in [0.3, 0.4) is 0 Å². The molecule has 1 unspecified atom stereocenters. The largest absolute Gasteiger partial charge is 0.381 e. The maximum absolute atomic E-state index is 13.1. The zero-order chi connectivity index (χ0) is 17.8. The van der Waals surface area contributed by atoms with Crippen LogP contribution in [-0.2, 0) is 4.74 Å². The lowest BCUT2D eigenvalue weighted by atomic mass is 9.98. The van der Waals surface area contributed by atoms with E-state index >= 15 is 0 Å². The minimum Gasteiger partial charge on any atom is -0.381 e. The van der Waals surface area contributed by atoms with Gasteiger partial charge in [0.2, 0.25) is 0 Å². The van der Waals surface area contributed by atoms with Crippen LogP contribution in [0.15, 0.2) is 10.9 Å². The second-order valence-electron chi connectivity index (χ2n) is 6.85. The maximum Gasteiger partial charge on any atom is 0.319 e. The van der Waals surface area contributed by atoms with E-state index in [-0.39, 0.29) is 24.0 Å². The zero-order valence-corrected chi connectivity index (χ0v) is 15.7. The SMILES string of the molecule is CN(C)C(=O)N1CCCC(N(C(=O)c2cscn2)C2CCOCC2)C1. The lowest BCUT2D eigenvalue weighted by Crippen LogP contribution is -2.57. The average molecular weight is 366 g/mol. The molecule has 0 radical (unpaired) electrons. The van der Waals surface area contributed by atoms with Crippen molar-refractivity contribution in [2.45, 2.75) is 37.8 Å². The van der Waals surface area contributed by atoms with E-state index in [2.05, 4.69) is 4.98 Å². The van der Waals surface area contributed by atoms with Crippen LogP contribution in [0, 0.1) is 0 Å². The van der Waals surface area contributed by atoms with Crippen molar-refractivity contribution >= 4 is 23.3 Å². The number of urea groups is 1. The van der Waals surface area contributed by atoms with Crippen LogP contribution in [0.25, 0.3) is 0 Å². The molecule has 0 aromatic carbocycles. The van der Waals surface area contributed by atoms with Crippen LogP contribution < -0.4 is 0 Å². The number of piperidine rings is 1. The van der Waals surface area contributed by atoms with Gasteiger partial charge < -0.3 is 19.4 Å². The van der Waals surface area contributed by atoms with Crippen molar-refractivity contribution in [2.75, 3.05) is 40.4 Å². The highest BCUT2D eigenvalue weighted by Gasteiger charge is 2.36. The molecular formula is C17H26N4O3S. The Bertz CT molecular complexity index is 587. The van der Waals surface area contributed by atoms with E-state index in [0.29, 0.717) is 25.5 Å². The third-order valence-electron chi connectivity index (χ3n) is 4.91. The van der Waals surface area contributed by atoms with E-state index in [1.54, 1.807) is 29.9 Å². The normalized spacial score (nSPS) is 21.8. The van der Waals surface area contributed by atoms with Gasteiger partial charge in [0.15, 0.2) is 0 Å². The van der Waals surface area contributed by atoms with Gasteiger partial charge in [-0.2, -0.15) is 0 Å². The molecule has 3 heterocycles. The van der Waals surface area contributed by atoms with Gasteiger partial charge in [0, 0.05) is 51.8 Å². The van der Waals surface area contributed by atoms with Gasteiger partial charge in [-0.15, -0.1) is 11.3 Å². The second-order valence-corrected chi connectivity index (χ2v) is 7.57. The summed E-state index contributed by atoms with van der Waals surface area (Å²) in [5, 5.41) is 1.81. The van der Waals surface area contributed by atoms with Crippen molar-refractivity contribution in [3.05, 3.63) is 16.6 Å². The first-order valence-electron chi connectivity index (χ1n) is 8.82. The molecule has 2 aliphatic rings. The number of rotatable bonds is 3. The lowest BCUT2D eigenvalue weighted by Gasteiger charge is -2.44. The molecule has 1 atom stereocenters. The van der Waals surface area contributed by atoms with Crippen molar-refractivity contribution < 1.29 is 14.3 Å². The molecular weight excluding hydrogens is 340 g/mol. The summed E-state index contributed by atoms with van der Waals surface area (Å²) in [7, 11) is 3.53. The van der Waals surface area contributed by atoms with E-state index < -0.39 is 0 Å². The molecule has 2 aliphatic heterocycles. The fourth-order valence-corrected chi connectivity index (χ4v) is 4.21. The summed E-state index contributed by atoms with van der Waals surface area (Å²) in [6, 6.07) is 0.204. The summed E-state index contributed by atoms with van der Waals surface area (Å²) < 4.78 is 5.48. The molecule has 2 saturated heterocycles. The van der Waals surface area contributed by atoms with Gasteiger partial charge in [-0.25, -0.2) is 9.78 Å². The van der Waals surface area contributed by atoms with Crippen molar-refractivity contribution in [3.63, 3.8) is 0 Å². The fraction of sp³-hybridized carbons (Fsp3) is 0.706. The minimum absolute atomic E-state index is 0.0118. The topological polar surface area (TPSA) is 66.0 Å². The number of amides is 3. The Morgan fingerprint density at radius 3 is 2.64 bits per heavy atom. The quantitative estimate of drug-likeness (QED) is 0.820. The standard InChI is InChI=1S/C17H26N4O3S/c1-19(2)17(23)20-7-3-4-14(10-20)21(13-5-8-24-9-6-13)16(22)15-11-25-12-18-15/h11-14H,3-10H2,1-2H3. The third-order valence-corrected chi connectivity index (χ3v) is 5.50. The predicted molar refractivity (Wildman–Crippen MR) is 95.8 cm³/mol. The van der Waals surface area contributed by atoms with E-state index in [1.807, 2.05) is 9.80 Å². The van der Waals surface area contributed by atoms with Crippen LogP contribution in [0.5, 0.6) is 0 Å². The van der Waals surface area contributed by atoms with Crippen LogP contribution in [-0.4, -0.2) is 84.1 Å². The number of ether oxygens (including phenoxy) is 1. The molecule has 0 aliphatic carbocycles. The van der Waals surface area contributed by atoms with Crippen LogP contribution >= 0.6 is 11.3 Å². The first kappa shape index (κ1) is 18.1. The van der Waals surface area contributed by atoms with Gasteiger partial charge in [-0.1, -0.05) is 0 Å². The molecule has 8 heteroatoms.